The molecule has 0 aromatic heterocycles. The molecule has 112 valence electrons. The molecule has 2 aromatic carbocycles. The summed E-state index contributed by atoms with van der Waals surface area (Å²) in [5, 5.41) is 0. The number of hydrogen-bond donors (Lipinski definition) is 0. The Morgan fingerprint density at radius 1 is 0.571 bits per heavy atom. The molecule has 0 spiro atoms. The predicted octanol–water partition coefficient (Wildman–Crippen LogP) is 4.14. The summed E-state index contributed by atoms with van der Waals surface area (Å²) in [4.78, 5) is 4.26. The Morgan fingerprint density at radius 2 is 0.857 bits per heavy atom. The molecule has 0 aliphatic rings. The molecule has 0 atom stereocenters. The fraction of sp³-hybridized carbons (Fsp3) is 0.368. The molecule has 0 saturated heterocycles. The van der Waals surface area contributed by atoms with E-state index in [2.05, 4.69) is 100 Å². The van der Waals surface area contributed by atoms with Gasteiger partial charge in [0.1, 0.15) is 0 Å². The van der Waals surface area contributed by atoms with Crippen molar-refractivity contribution in [3.63, 3.8) is 0 Å². The van der Waals surface area contributed by atoms with E-state index < -0.39 is 0 Å². The summed E-state index contributed by atoms with van der Waals surface area (Å²) in [6.07, 6.45) is 0. The fourth-order valence-electron chi connectivity index (χ4n) is 2.52. The van der Waals surface area contributed by atoms with Crippen molar-refractivity contribution in [3.05, 3.63) is 59.7 Å². The maximum absolute atomic E-state index is 2.28. The first-order valence-electron chi connectivity index (χ1n) is 7.38. The average molecular weight is 282 g/mol. The van der Waals surface area contributed by atoms with E-state index in [0.29, 0.717) is 0 Å². The molecule has 0 heterocycles. The molecule has 2 heteroatoms. The lowest BCUT2D eigenvalue weighted by atomic mass is 9.78. The minimum Gasteiger partial charge on any atom is -0.378 e. The summed E-state index contributed by atoms with van der Waals surface area (Å²) in [6.45, 7) is 4.56. The Labute approximate surface area is 129 Å². The van der Waals surface area contributed by atoms with Gasteiger partial charge in [0.2, 0.25) is 0 Å². The number of anilines is 2. The van der Waals surface area contributed by atoms with Gasteiger partial charge in [-0.05, 0) is 35.4 Å². The molecule has 21 heavy (non-hydrogen) atoms. The SMILES string of the molecule is CN(C)c1ccc(C(C)(C)c2ccc(N(C)C)cc2)cc1. The molecule has 0 N–H and O–H groups in total. The van der Waals surface area contributed by atoms with Gasteiger partial charge in [0.15, 0.2) is 0 Å². The largest absolute Gasteiger partial charge is 0.378 e. The van der Waals surface area contributed by atoms with E-state index in [1.165, 1.54) is 22.5 Å². The number of nitrogens with zero attached hydrogens (tertiary/aromatic N) is 2. The van der Waals surface area contributed by atoms with E-state index in [1.54, 1.807) is 0 Å². The third-order valence-corrected chi connectivity index (χ3v) is 4.21. The van der Waals surface area contributed by atoms with Crippen molar-refractivity contribution in [2.45, 2.75) is 19.3 Å². The first-order valence-corrected chi connectivity index (χ1v) is 7.38. The summed E-state index contributed by atoms with van der Waals surface area (Å²) in [5.41, 5.74) is 5.15. The van der Waals surface area contributed by atoms with Crippen molar-refractivity contribution < 1.29 is 0 Å². The van der Waals surface area contributed by atoms with Crippen LogP contribution >= 0.6 is 0 Å². The summed E-state index contributed by atoms with van der Waals surface area (Å²) < 4.78 is 0. The van der Waals surface area contributed by atoms with Crippen LogP contribution in [0.15, 0.2) is 48.5 Å². The van der Waals surface area contributed by atoms with Gasteiger partial charge in [0, 0.05) is 45.0 Å². The topological polar surface area (TPSA) is 6.48 Å². The summed E-state index contributed by atoms with van der Waals surface area (Å²) in [7, 11) is 8.28. The lowest BCUT2D eigenvalue weighted by Crippen LogP contribution is -2.19. The van der Waals surface area contributed by atoms with Gasteiger partial charge < -0.3 is 9.80 Å². The molecule has 0 radical (unpaired) electrons. The van der Waals surface area contributed by atoms with Crippen molar-refractivity contribution in [2.24, 2.45) is 0 Å². The molecule has 0 fully saturated rings. The average Bonchev–Trinajstić information content (AvgIpc) is 2.47. The Hall–Kier alpha value is -1.96. The normalized spacial score (nSPS) is 11.3. The van der Waals surface area contributed by atoms with E-state index in [4.69, 9.17) is 0 Å². The second-order valence-electron chi connectivity index (χ2n) is 6.51. The third-order valence-electron chi connectivity index (χ3n) is 4.21. The van der Waals surface area contributed by atoms with Gasteiger partial charge in [0.05, 0.1) is 0 Å². The van der Waals surface area contributed by atoms with E-state index in [1.807, 2.05) is 0 Å². The summed E-state index contributed by atoms with van der Waals surface area (Å²) in [6, 6.07) is 17.7. The molecule has 0 unspecified atom stereocenters. The van der Waals surface area contributed by atoms with Gasteiger partial charge in [-0.2, -0.15) is 0 Å². The molecule has 2 nitrogen and oxygen atoms in total. The van der Waals surface area contributed by atoms with Crippen LogP contribution in [0.4, 0.5) is 11.4 Å². The first-order chi connectivity index (χ1) is 9.82. The highest BCUT2D eigenvalue weighted by Crippen LogP contribution is 2.33. The molecular weight excluding hydrogens is 256 g/mol. The van der Waals surface area contributed by atoms with Gasteiger partial charge in [-0.1, -0.05) is 38.1 Å². The minimum absolute atomic E-state index is 0.00961. The van der Waals surface area contributed by atoms with Crippen LogP contribution in [0.5, 0.6) is 0 Å². The zero-order chi connectivity index (χ0) is 15.6. The lowest BCUT2D eigenvalue weighted by Gasteiger charge is -2.27. The van der Waals surface area contributed by atoms with E-state index in [0.717, 1.165) is 0 Å². The van der Waals surface area contributed by atoms with E-state index in [-0.39, 0.29) is 5.41 Å². The van der Waals surface area contributed by atoms with Gasteiger partial charge in [-0.25, -0.2) is 0 Å². The third kappa shape index (κ3) is 3.21. The van der Waals surface area contributed by atoms with Crippen LogP contribution in [0.1, 0.15) is 25.0 Å². The first kappa shape index (κ1) is 15.4. The second-order valence-corrected chi connectivity index (χ2v) is 6.51. The highest BCUT2D eigenvalue weighted by molar-refractivity contribution is 5.51. The maximum Gasteiger partial charge on any atom is 0.0361 e. The van der Waals surface area contributed by atoms with Crippen LogP contribution in [0.2, 0.25) is 0 Å². The molecular formula is C19H26N2. The van der Waals surface area contributed by atoms with Crippen LogP contribution in [0.25, 0.3) is 0 Å². The molecule has 0 bridgehead atoms. The highest BCUT2D eigenvalue weighted by Gasteiger charge is 2.23. The van der Waals surface area contributed by atoms with Crippen LogP contribution in [-0.2, 0) is 5.41 Å². The smallest absolute Gasteiger partial charge is 0.0361 e. The van der Waals surface area contributed by atoms with Gasteiger partial charge in [-0.15, -0.1) is 0 Å². The molecule has 0 aliphatic carbocycles. The zero-order valence-corrected chi connectivity index (χ0v) is 14.0. The Morgan fingerprint density at radius 3 is 1.10 bits per heavy atom. The van der Waals surface area contributed by atoms with Crippen molar-refractivity contribution >= 4 is 11.4 Å². The van der Waals surface area contributed by atoms with Crippen LogP contribution in [0.3, 0.4) is 0 Å². The van der Waals surface area contributed by atoms with Crippen LogP contribution < -0.4 is 9.80 Å². The Bertz CT molecular complexity index is 524. The van der Waals surface area contributed by atoms with Gasteiger partial charge in [-0.3, -0.25) is 0 Å². The Kier molecular flexibility index (Phi) is 4.26. The highest BCUT2D eigenvalue weighted by atomic mass is 15.1. The predicted molar refractivity (Wildman–Crippen MR) is 93.7 cm³/mol. The second kappa shape index (κ2) is 5.80. The number of hydrogen-bond acceptors (Lipinski definition) is 2. The van der Waals surface area contributed by atoms with Crippen LogP contribution in [0, 0.1) is 0 Å². The number of rotatable bonds is 4. The monoisotopic (exact) mass is 282 g/mol. The molecule has 0 aliphatic heterocycles. The molecule has 0 saturated carbocycles. The summed E-state index contributed by atoms with van der Waals surface area (Å²) in [5.74, 6) is 0. The minimum atomic E-state index is 0.00961. The Balaban J connectivity index is 2.31. The maximum atomic E-state index is 2.28. The zero-order valence-electron chi connectivity index (χ0n) is 14.0. The molecule has 0 amide bonds. The standard InChI is InChI=1S/C19H26N2/c1-19(2,15-7-11-17(12-8-15)20(3)4)16-9-13-18(14-10-16)21(5)6/h7-14H,1-6H3. The van der Waals surface area contributed by atoms with E-state index in [9.17, 15) is 0 Å². The van der Waals surface area contributed by atoms with Crippen molar-refractivity contribution in [1.82, 2.24) is 0 Å². The van der Waals surface area contributed by atoms with E-state index >= 15 is 0 Å². The van der Waals surface area contributed by atoms with Gasteiger partial charge >= 0.3 is 0 Å². The van der Waals surface area contributed by atoms with Crippen LogP contribution in [-0.4, -0.2) is 28.2 Å². The number of benzene rings is 2. The molecule has 2 rings (SSSR count). The van der Waals surface area contributed by atoms with Gasteiger partial charge in [0.25, 0.3) is 0 Å². The lowest BCUT2D eigenvalue weighted by molar-refractivity contribution is 0.641. The quantitative estimate of drug-likeness (QED) is 0.831. The van der Waals surface area contributed by atoms with Crippen molar-refractivity contribution in [3.8, 4) is 0 Å². The fourth-order valence-corrected chi connectivity index (χ4v) is 2.52. The summed E-state index contributed by atoms with van der Waals surface area (Å²) >= 11 is 0. The molecule has 2 aromatic rings. The van der Waals surface area contributed by atoms with Crippen molar-refractivity contribution in [2.75, 3.05) is 38.0 Å². The van der Waals surface area contributed by atoms with Crippen molar-refractivity contribution in [1.29, 1.82) is 0 Å².